The Bertz CT molecular complexity index is 1190. The van der Waals surface area contributed by atoms with Gasteiger partial charge in [0, 0.05) is 50.8 Å². The SMILES string of the molecule is O=c1[nH]c2ccc(Cl)cc2cc1CNc1ccc2c(C3CC3)c[nH]c2c1. The lowest BCUT2D eigenvalue weighted by Crippen LogP contribution is -2.15. The zero-order valence-corrected chi connectivity index (χ0v) is 14.9. The van der Waals surface area contributed by atoms with Crippen LogP contribution in [0, 0.1) is 0 Å². The van der Waals surface area contributed by atoms with Crippen molar-refractivity contribution >= 4 is 39.1 Å². The van der Waals surface area contributed by atoms with Gasteiger partial charge in [-0.15, -0.1) is 0 Å². The highest BCUT2D eigenvalue weighted by molar-refractivity contribution is 6.31. The van der Waals surface area contributed by atoms with Gasteiger partial charge in [-0.25, -0.2) is 0 Å². The molecule has 4 aromatic rings. The highest BCUT2D eigenvalue weighted by Gasteiger charge is 2.26. The Morgan fingerprint density at radius 3 is 2.81 bits per heavy atom. The molecule has 0 atom stereocenters. The van der Waals surface area contributed by atoms with E-state index in [4.69, 9.17) is 11.6 Å². The summed E-state index contributed by atoms with van der Waals surface area (Å²) in [5.74, 6) is 0.727. The number of benzene rings is 2. The third-order valence-electron chi connectivity index (χ3n) is 5.10. The molecule has 2 aromatic heterocycles. The highest BCUT2D eigenvalue weighted by atomic mass is 35.5. The second-order valence-corrected chi connectivity index (χ2v) is 7.42. The molecule has 1 saturated carbocycles. The van der Waals surface area contributed by atoms with Gasteiger partial charge in [0.15, 0.2) is 0 Å². The van der Waals surface area contributed by atoms with Crippen molar-refractivity contribution in [1.82, 2.24) is 9.97 Å². The molecule has 26 heavy (non-hydrogen) atoms. The predicted molar refractivity (Wildman–Crippen MR) is 107 cm³/mol. The first kappa shape index (κ1) is 15.5. The Morgan fingerprint density at radius 1 is 1.08 bits per heavy atom. The van der Waals surface area contributed by atoms with Crippen LogP contribution in [0.1, 0.15) is 29.9 Å². The van der Waals surface area contributed by atoms with Crippen LogP contribution in [0.15, 0.2) is 53.5 Å². The van der Waals surface area contributed by atoms with E-state index in [9.17, 15) is 4.79 Å². The van der Waals surface area contributed by atoms with Crippen molar-refractivity contribution in [3.05, 3.63) is 75.2 Å². The number of fused-ring (bicyclic) bond motifs is 2. The number of nitrogens with one attached hydrogen (secondary N) is 3. The number of aromatic amines is 2. The van der Waals surface area contributed by atoms with Gasteiger partial charge in [-0.05, 0) is 60.7 Å². The van der Waals surface area contributed by atoms with Crippen LogP contribution in [0.5, 0.6) is 0 Å². The Hall–Kier alpha value is -2.72. The normalized spacial score (nSPS) is 14.2. The average molecular weight is 364 g/mol. The molecule has 0 aliphatic heterocycles. The molecule has 0 unspecified atom stereocenters. The maximum Gasteiger partial charge on any atom is 0.253 e. The van der Waals surface area contributed by atoms with Crippen molar-refractivity contribution in [2.24, 2.45) is 0 Å². The van der Waals surface area contributed by atoms with E-state index in [2.05, 4.69) is 39.7 Å². The van der Waals surface area contributed by atoms with Crippen LogP contribution in [0.25, 0.3) is 21.8 Å². The third-order valence-corrected chi connectivity index (χ3v) is 5.33. The molecule has 0 radical (unpaired) electrons. The number of halogens is 1. The first-order valence-electron chi connectivity index (χ1n) is 8.84. The largest absolute Gasteiger partial charge is 0.381 e. The maximum absolute atomic E-state index is 12.3. The van der Waals surface area contributed by atoms with Gasteiger partial charge < -0.3 is 15.3 Å². The fourth-order valence-electron chi connectivity index (χ4n) is 3.54. The van der Waals surface area contributed by atoms with Gasteiger partial charge in [0.05, 0.1) is 0 Å². The van der Waals surface area contributed by atoms with Crippen molar-refractivity contribution in [3.63, 3.8) is 0 Å². The molecule has 1 aliphatic rings. The highest BCUT2D eigenvalue weighted by Crippen LogP contribution is 2.43. The molecule has 1 aliphatic carbocycles. The standard InChI is InChI=1S/C21H18ClN3O/c22-15-3-6-19-13(8-15)7-14(21(26)25-19)10-23-16-4-5-17-18(12-1-2-12)11-24-20(17)9-16/h3-9,11-12,23-24H,1-2,10H2,(H,25,26). The second-order valence-electron chi connectivity index (χ2n) is 6.99. The lowest BCUT2D eigenvalue weighted by Gasteiger charge is -2.08. The minimum absolute atomic E-state index is 0.0794. The van der Waals surface area contributed by atoms with E-state index in [0.29, 0.717) is 17.1 Å². The fourth-order valence-corrected chi connectivity index (χ4v) is 3.72. The van der Waals surface area contributed by atoms with E-state index >= 15 is 0 Å². The lowest BCUT2D eigenvalue weighted by molar-refractivity contribution is 1.09. The van der Waals surface area contributed by atoms with Gasteiger partial charge in [0.1, 0.15) is 0 Å². The summed E-state index contributed by atoms with van der Waals surface area (Å²) in [7, 11) is 0. The van der Waals surface area contributed by atoms with Crippen molar-refractivity contribution in [2.45, 2.75) is 25.3 Å². The monoisotopic (exact) mass is 363 g/mol. The number of anilines is 1. The third kappa shape index (κ3) is 2.76. The summed E-state index contributed by atoms with van der Waals surface area (Å²) >= 11 is 6.06. The maximum atomic E-state index is 12.3. The summed E-state index contributed by atoms with van der Waals surface area (Å²) in [5.41, 5.74) is 4.95. The van der Waals surface area contributed by atoms with Crippen molar-refractivity contribution in [1.29, 1.82) is 0 Å². The quantitative estimate of drug-likeness (QED) is 0.469. The van der Waals surface area contributed by atoms with Gasteiger partial charge in [0.2, 0.25) is 0 Å². The van der Waals surface area contributed by atoms with Crippen LogP contribution < -0.4 is 10.9 Å². The lowest BCUT2D eigenvalue weighted by atomic mass is 10.1. The summed E-state index contributed by atoms with van der Waals surface area (Å²) in [4.78, 5) is 18.6. The number of rotatable bonds is 4. The molecule has 0 bridgehead atoms. The zero-order valence-electron chi connectivity index (χ0n) is 14.1. The molecular weight excluding hydrogens is 346 g/mol. The molecule has 4 nitrogen and oxygen atoms in total. The summed E-state index contributed by atoms with van der Waals surface area (Å²) in [6.45, 7) is 0.458. The van der Waals surface area contributed by atoms with Gasteiger partial charge in [-0.2, -0.15) is 0 Å². The second kappa shape index (κ2) is 5.92. The van der Waals surface area contributed by atoms with E-state index in [-0.39, 0.29) is 5.56 Å². The number of aromatic nitrogens is 2. The number of hydrogen-bond acceptors (Lipinski definition) is 2. The van der Waals surface area contributed by atoms with Crippen molar-refractivity contribution < 1.29 is 0 Å². The first-order chi connectivity index (χ1) is 12.7. The minimum Gasteiger partial charge on any atom is -0.381 e. The van der Waals surface area contributed by atoms with Crippen LogP contribution in [0.4, 0.5) is 5.69 Å². The van der Waals surface area contributed by atoms with Crippen LogP contribution >= 0.6 is 11.6 Å². The van der Waals surface area contributed by atoms with E-state index in [1.54, 1.807) is 6.07 Å². The Balaban J connectivity index is 1.41. The van der Waals surface area contributed by atoms with E-state index < -0.39 is 0 Å². The fraction of sp³-hybridized carbons (Fsp3) is 0.190. The van der Waals surface area contributed by atoms with Gasteiger partial charge >= 0.3 is 0 Å². The molecule has 0 amide bonds. The zero-order chi connectivity index (χ0) is 17.7. The van der Waals surface area contributed by atoms with Crippen molar-refractivity contribution in [2.75, 3.05) is 5.32 Å². The smallest absolute Gasteiger partial charge is 0.253 e. The summed E-state index contributed by atoms with van der Waals surface area (Å²) in [5, 5.41) is 6.25. The molecule has 2 aromatic carbocycles. The van der Waals surface area contributed by atoms with Crippen molar-refractivity contribution in [3.8, 4) is 0 Å². The Kier molecular flexibility index (Phi) is 3.54. The van der Waals surface area contributed by atoms with Gasteiger partial charge in [-0.3, -0.25) is 4.79 Å². The molecular formula is C21H18ClN3O. The summed E-state index contributed by atoms with van der Waals surface area (Å²) in [6, 6.07) is 13.7. The molecule has 0 saturated heterocycles. The first-order valence-corrected chi connectivity index (χ1v) is 9.21. The van der Waals surface area contributed by atoms with E-state index in [0.717, 1.165) is 28.0 Å². The van der Waals surface area contributed by atoms with Gasteiger partial charge in [-0.1, -0.05) is 17.7 Å². The van der Waals surface area contributed by atoms with E-state index in [1.807, 2.05) is 18.2 Å². The Morgan fingerprint density at radius 2 is 1.96 bits per heavy atom. The molecule has 1 fully saturated rings. The molecule has 5 heteroatoms. The van der Waals surface area contributed by atoms with Gasteiger partial charge in [0.25, 0.3) is 5.56 Å². The molecule has 5 rings (SSSR count). The van der Waals surface area contributed by atoms with Crippen LogP contribution in [-0.4, -0.2) is 9.97 Å². The predicted octanol–water partition coefficient (Wildman–Crippen LogP) is 5.15. The number of hydrogen-bond donors (Lipinski definition) is 3. The molecule has 2 heterocycles. The minimum atomic E-state index is -0.0794. The van der Waals surface area contributed by atoms with Crippen LogP contribution in [0.2, 0.25) is 5.02 Å². The number of H-pyrrole nitrogens is 2. The number of pyridine rings is 1. The molecule has 0 spiro atoms. The summed E-state index contributed by atoms with van der Waals surface area (Å²) in [6.07, 6.45) is 4.72. The van der Waals surface area contributed by atoms with E-state index in [1.165, 1.54) is 23.8 Å². The molecule has 3 N–H and O–H groups in total. The van der Waals surface area contributed by atoms with Crippen LogP contribution in [0.3, 0.4) is 0 Å². The summed E-state index contributed by atoms with van der Waals surface area (Å²) < 4.78 is 0. The molecule has 130 valence electrons. The van der Waals surface area contributed by atoms with Crippen LogP contribution in [-0.2, 0) is 6.54 Å². The Labute approximate surface area is 155 Å². The average Bonchev–Trinajstić information content (AvgIpc) is 3.39. The topological polar surface area (TPSA) is 60.7 Å².